The van der Waals surface area contributed by atoms with Gasteiger partial charge in [-0.25, -0.2) is 4.79 Å². The van der Waals surface area contributed by atoms with Crippen LogP contribution < -0.4 is 16.0 Å². The van der Waals surface area contributed by atoms with Gasteiger partial charge in [0.05, 0.1) is 0 Å². The van der Waals surface area contributed by atoms with E-state index in [1.807, 2.05) is 0 Å². The number of rotatable bonds is 4. The van der Waals surface area contributed by atoms with Crippen LogP contribution in [0.25, 0.3) is 0 Å². The van der Waals surface area contributed by atoms with Crippen molar-refractivity contribution in [2.75, 3.05) is 18.9 Å². The van der Waals surface area contributed by atoms with Gasteiger partial charge in [0.25, 0.3) is 5.91 Å². The second-order valence-corrected chi connectivity index (χ2v) is 5.14. The van der Waals surface area contributed by atoms with Crippen molar-refractivity contribution in [3.8, 4) is 0 Å². The van der Waals surface area contributed by atoms with Gasteiger partial charge in [-0.1, -0.05) is 12.2 Å². The Morgan fingerprint density at radius 2 is 1.95 bits per heavy atom. The predicted octanol–water partition coefficient (Wildman–Crippen LogP) is 2.52. The first-order valence-corrected chi connectivity index (χ1v) is 7.21. The van der Waals surface area contributed by atoms with Gasteiger partial charge in [-0.05, 0) is 49.4 Å². The molecule has 3 amide bonds. The van der Waals surface area contributed by atoms with Gasteiger partial charge < -0.3 is 16.0 Å². The zero-order valence-electron chi connectivity index (χ0n) is 12.2. The topological polar surface area (TPSA) is 70.2 Å². The van der Waals surface area contributed by atoms with Gasteiger partial charge >= 0.3 is 6.03 Å². The summed E-state index contributed by atoms with van der Waals surface area (Å²) in [6.07, 6.45) is 7.60. The quantitative estimate of drug-likeness (QED) is 0.745. The molecule has 1 aromatic carbocycles. The van der Waals surface area contributed by atoms with Crippen molar-refractivity contribution < 1.29 is 9.59 Å². The first-order chi connectivity index (χ1) is 10.2. The van der Waals surface area contributed by atoms with Crippen LogP contribution in [0.1, 0.15) is 29.6 Å². The molecule has 1 unspecified atom stereocenters. The zero-order valence-corrected chi connectivity index (χ0v) is 12.2. The fourth-order valence-electron chi connectivity index (χ4n) is 2.30. The fourth-order valence-corrected chi connectivity index (χ4v) is 2.30. The lowest BCUT2D eigenvalue weighted by atomic mass is 9.94. The Kier molecular flexibility index (Phi) is 5.37. The largest absolute Gasteiger partial charge is 0.355 e. The number of amides is 3. The number of allylic oxidation sites excluding steroid dienone is 2. The molecular formula is C16H21N3O2. The normalized spacial score (nSPS) is 17.1. The summed E-state index contributed by atoms with van der Waals surface area (Å²) in [6.45, 7) is 0.687. The molecule has 0 aromatic heterocycles. The van der Waals surface area contributed by atoms with E-state index in [9.17, 15) is 9.59 Å². The summed E-state index contributed by atoms with van der Waals surface area (Å²) in [5.41, 5.74) is 1.24. The highest BCUT2D eigenvalue weighted by atomic mass is 16.2. The van der Waals surface area contributed by atoms with E-state index in [2.05, 4.69) is 28.1 Å². The number of anilines is 1. The molecule has 0 fully saturated rings. The second kappa shape index (κ2) is 7.47. The summed E-state index contributed by atoms with van der Waals surface area (Å²) in [5, 5.41) is 8.21. The van der Waals surface area contributed by atoms with Gasteiger partial charge in [-0.2, -0.15) is 0 Å². The summed E-state index contributed by atoms with van der Waals surface area (Å²) >= 11 is 0. The lowest BCUT2D eigenvalue weighted by Crippen LogP contribution is -2.33. The molecule has 0 saturated carbocycles. The SMILES string of the molecule is CNC(=O)c1ccc(NC(=O)NCC2CC=CCC2)cc1. The minimum absolute atomic E-state index is 0.142. The molecule has 1 atom stereocenters. The summed E-state index contributed by atoms with van der Waals surface area (Å²) in [7, 11) is 1.59. The van der Waals surface area contributed by atoms with Crippen molar-refractivity contribution >= 4 is 17.6 Å². The van der Waals surface area contributed by atoms with Crippen LogP contribution in [0.2, 0.25) is 0 Å². The van der Waals surface area contributed by atoms with Crippen LogP contribution in [-0.2, 0) is 0 Å². The highest BCUT2D eigenvalue weighted by molar-refractivity contribution is 5.95. The first kappa shape index (κ1) is 15.1. The number of carbonyl (C=O) groups is 2. The monoisotopic (exact) mass is 287 g/mol. The summed E-state index contributed by atoms with van der Waals surface area (Å²) in [5.74, 6) is 0.382. The van der Waals surface area contributed by atoms with Crippen molar-refractivity contribution in [3.63, 3.8) is 0 Å². The van der Waals surface area contributed by atoms with Crippen LogP contribution in [-0.4, -0.2) is 25.5 Å². The average Bonchev–Trinajstić information content (AvgIpc) is 2.54. The molecule has 0 heterocycles. The van der Waals surface area contributed by atoms with Gasteiger partial charge in [-0.15, -0.1) is 0 Å². The number of nitrogens with one attached hydrogen (secondary N) is 3. The third-order valence-electron chi connectivity index (χ3n) is 3.56. The summed E-state index contributed by atoms with van der Waals surface area (Å²) < 4.78 is 0. The van der Waals surface area contributed by atoms with Gasteiger partial charge in [0.15, 0.2) is 0 Å². The van der Waals surface area contributed by atoms with Crippen LogP contribution in [0.5, 0.6) is 0 Å². The highest BCUT2D eigenvalue weighted by Gasteiger charge is 2.11. The fraction of sp³-hybridized carbons (Fsp3) is 0.375. The Hall–Kier alpha value is -2.30. The molecule has 1 aliphatic carbocycles. The molecule has 0 spiro atoms. The maximum absolute atomic E-state index is 11.8. The molecule has 0 bridgehead atoms. The number of urea groups is 1. The minimum atomic E-state index is -0.211. The van der Waals surface area contributed by atoms with E-state index < -0.39 is 0 Å². The Morgan fingerprint density at radius 1 is 1.19 bits per heavy atom. The first-order valence-electron chi connectivity index (χ1n) is 7.21. The number of hydrogen-bond donors (Lipinski definition) is 3. The summed E-state index contributed by atoms with van der Waals surface area (Å²) in [4.78, 5) is 23.2. The van der Waals surface area contributed by atoms with Crippen LogP contribution in [0.4, 0.5) is 10.5 Å². The van der Waals surface area contributed by atoms with Crippen LogP contribution >= 0.6 is 0 Å². The Morgan fingerprint density at radius 3 is 2.57 bits per heavy atom. The Bertz CT molecular complexity index is 523. The molecule has 0 saturated heterocycles. The third-order valence-corrected chi connectivity index (χ3v) is 3.56. The lowest BCUT2D eigenvalue weighted by Gasteiger charge is -2.18. The van der Waals surface area contributed by atoms with E-state index in [0.717, 1.165) is 19.3 Å². The molecule has 21 heavy (non-hydrogen) atoms. The van der Waals surface area contributed by atoms with E-state index in [4.69, 9.17) is 0 Å². The molecule has 5 heteroatoms. The lowest BCUT2D eigenvalue weighted by molar-refractivity contribution is 0.0963. The summed E-state index contributed by atoms with van der Waals surface area (Å²) in [6, 6.07) is 6.58. The number of hydrogen-bond acceptors (Lipinski definition) is 2. The van der Waals surface area contributed by atoms with Crippen molar-refractivity contribution in [1.29, 1.82) is 0 Å². The van der Waals surface area contributed by atoms with Gasteiger partial charge in [0, 0.05) is 24.8 Å². The predicted molar refractivity (Wildman–Crippen MR) is 83.3 cm³/mol. The van der Waals surface area contributed by atoms with E-state index in [0.29, 0.717) is 23.7 Å². The maximum atomic E-state index is 11.8. The average molecular weight is 287 g/mol. The van der Waals surface area contributed by atoms with Crippen LogP contribution in [0.3, 0.4) is 0 Å². The van der Waals surface area contributed by atoms with Crippen LogP contribution in [0.15, 0.2) is 36.4 Å². The molecule has 112 valence electrons. The van der Waals surface area contributed by atoms with Crippen molar-refractivity contribution in [2.45, 2.75) is 19.3 Å². The molecular weight excluding hydrogens is 266 g/mol. The molecule has 0 aliphatic heterocycles. The third kappa shape index (κ3) is 4.63. The van der Waals surface area contributed by atoms with Crippen molar-refractivity contribution in [2.24, 2.45) is 5.92 Å². The number of carbonyl (C=O) groups excluding carboxylic acids is 2. The Balaban J connectivity index is 1.79. The van der Waals surface area contributed by atoms with Gasteiger partial charge in [0.2, 0.25) is 0 Å². The van der Waals surface area contributed by atoms with Crippen molar-refractivity contribution in [1.82, 2.24) is 10.6 Å². The van der Waals surface area contributed by atoms with Crippen LogP contribution in [0, 0.1) is 5.92 Å². The maximum Gasteiger partial charge on any atom is 0.319 e. The molecule has 3 N–H and O–H groups in total. The molecule has 0 radical (unpaired) electrons. The standard InChI is InChI=1S/C16H21N3O2/c1-17-15(20)13-7-9-14(10-8-13)19-16(21)18-11-12-5-3-2-4-6-12/h2-3,7-10,12H,4-6,11H2,1H3,(H,17,20)(H2,18,19,21). The molecule has 1 aromatic rings. The smallest absolute Gasteiger partial charge is 0.319 e. The van der Waals surface area contributed by atoms with E-state index in [1.165, 1.54) is 0 Å². The van der Waals surface area contributed by atoms with E-state index in [1.54, 1.807) is 31.3 Å². The molecule has 5 nitrogen and oxygen atoms in total. The van der Waals surface area contributed by atoms with E-state index in [-0.39, 0.29) is 11.9 Å². The van der Waals surface area contributed by atoms with Gasteiger partial charge in [0.1, 0.15) is 0 Å². The highest BCUT2D eigenvalue weighted by Crippen LogP contribution is 2.17. The second-order valence-electron chi connectivity index (χ2n) is 5.14. The Labute approximate surface area is 124 Å². The van der Waals surface area contributed by atoms with Gasteiger partial charge in [-0.3, -0.25) is 4.79 Å². The molecule has 1 aliphatic rings. The minimum Gasteiger partial charge on any atom is -0.355 e. The number of benzene rings is 1. The zero-order chi connectivity index (χ0) is 15.1. The van der Waals surface area contributed by atoms with Crippen molar-refractivity contribution in [3.05, 3.63) is 42.0 Å². The molecule has 2 rings (SSSR count). The van der Waals surface area contributed by atoms with E-state index >= 15 is 0 Å².